The third-order valence-corrected chi connectivity index (χ3v) is 8.87. The van der Waals surface area contributed by atoms with Crippen molar-refractivity contribution >= 4 is 29.1 Å². The summed E-state index contributed by atoms with van der Waals surface area (Å²) in [6, 6.07) is 9.07. The maximum Gasteiger partial charge on any atom is 0.290 e. The maximum atomic E-state index is 14.4. The zero-order chi connectivity index (χ0) is 31.0. The van der Waals surface area contributed by atoms with Crippen molar-refractivity contribution in [2.75, 3.05) is 27.4 Å². The number of amides is 2. The first-order chi connectivity index (χ1) is 21.4. The summed E-state index contributed by atoms with van der Waals surface area (Å²) in [6.45, 7) is -0.254. The Morgan fingerprint density at radius 2 is 1.86 bits per heavy atom. The Bertz CT molecular complexity index is 1610. The molecular formula is C33H36N2O9. The molecule has 0 saturated heterocycles. The van der Waals surface area contributed by atoms with Gasteiger partial charge in [0.25, 0.3) is 5.91 Å². The smallest absolute Gasteiger partial charge is 0.290 e. The van der Waals surface area contributed by atoms with Crippen LogP contribution in [0.2, 0.25) is 0 Å². The molecule has 2 amide bonds. The summed E-state index contributed by atoms with van der Waals surface area (Å²) in [7, 11) is 2.98. The predicted octanol–water partition coefficient (Wildman–Crippen LogP) is 3.36. The molecule has 232 valence electrons. The highest BCUT2D eigenvalue weighted by atomic mass is 16.5. The lowest BCUT2D eigenvalue weighted by Crippen LogP contribution is -2.58. The molecule has 0 radical (unpaired) electrons. The van der Waals surface area contributed by atoms with E-state index >= 15 is 0 Å². The van der Waals surface area contributed by atoms with E-state index in [1.54, 1.807) is 29.2 Å². The van der Waals surface area contributed by atoms with E-state index in [0.717, 1.165) is 32.1 Å². The van der Waals surface area contributed by atoms with Crippen LogP contribution in [0, 0.1) is 0 Å². The van der Waals surface area contributed by atoms with E-state index in [-0.39, 0.29) is 30.5 Å². The van der Waals surface area contributed by atoms with Crippen molar-refractivity contribution in [1.29, 1.82) is 0 Å². The number of carbonyl (C=O) groups excluding carboxylic acids is 3. The number of hydrogen-bond donors (Lipinski definition) is 3. The van der Waals surface area contributed by atoms with E-state index in [9.17, 15) is 24.6 Å². The van der Waals surface area contributed by atoms with Crippen LogP contribution in [0.1, 0.15) is 64.5 Å². The first-order valence-electron chi connectivity index (χ1n) is 14.9. The van der Waals surface area contributed by atoms with Gasteiger partial charge >= 0.3 is 0 Å². The third kappa shape index (κ3) is 5.09. The van der Waals surface area contributed by atoms with Gasteiger partial charge in [-0.1, -0.05) is 31.4 Å². The van der Waals surface area contributed by atoms with Crippen LogP contribution in [-0.2, 0) is 4.79 Å². The molecule has 1 aromatic heterocycles. The average molecular weight is 605 g/mol. The zero-order valence-electron chi connectivity index (χ0n) is 24.7. The van der Waals surface area contributed by atoms with Crippen LogP contribution in [0.4, 0.5) is 0 Å². The average Bonchev–Trinajstić information content (AvgIpc) is 3.67. The van der Waals surface area contributed by atoms with Crippen molar-refractivity contribution < 1.29 is 43.2 Å². The Labute approximate surface area is 254 Å². The van der Waals surface area contributed by atoms with Gasteiger partial charge in [-0.2, -0.15) is 0 Å². The number of aldehydes is 1. The summed E-state index contributed by atoms with van der Waals surface area (Å²) in [4.78, 5) is 41.5. The highest BCUT2D eigenvalue weighted by molar-refractivity contribution is 5.99. The number of carbonyl (C=O) groups is 3. The Hall–Kier alpha value is -4.35. The number of fused-ring (bicyclic) bond motifs is 4. The van der Waals surface area contributed by atoms with Gasteiger partial charge < -0.3 is 39.1 Å². The molecular weight excluding hydrogens is 568 g/mol. The monoisotopic (exact) mass is 604 g/mol. The number of rotatable bonds is 9. The molecule has 3 aliphatic rings. The van der Waals surface area contributed by atoms with E-state index < -0.39 is 36.0 Å². The van der Waals surface area contributed by atoms with Crippen LogP contribution < -0.4 is 19.5 Å². The molecule has 2 aliphatic carbocycles. The minimum absolute atomic E-state index is 0.0122. The molecule has 0 bridgehead atoms. The standard InChI is InChI=1S/C33H36N2O9/c1-41-24-10-6-7-19-15-26(43-29(19)24)33(40)35(20-8-4-3-5-9-20)23-16-22(32(39)34-11-12-36)27-21-13-18(17-37)14-25(42-2)30(21)44-31(27)28(23)38/h6-7,10,13-17,20,23,27-28,31,36,38H,3-5,8-9,11-12H2,1-2H3,(H,34,39). The Morgan fingerprint density at radius 3 is 2.57 bits per heavy atom. The summed E-state index contributed by atoms with van der Waals surface area (Å²) >= 11 is 0. The van der Waals surface area contributed by atoms with Gasteiger partial charge in [-0.05, 0) is 43.2 Å². The first-order valence-corrected chi connectivity index (χ1v) is 14.9. The van der Waals surface area contributed by atoms with Crippen LogP contribution in [-0.4, -0.2) is 84.9 Å². The minimum Gasteiger partial charge on any atom is -0.493 e. The first kappa shape index (κ1) is 29.7. The van der Waals surface area contributed by atoms with Gasteiger partial charge in [0, 0.05) is 34.7 Å². The lowest BCUT2D eigenvalue weighted by molar-refractivity contribution is -0.118. The quantitative estimate of drug-likeness (QED) is 0.313. The van der Waals surface area contributed by atoms with Gasteiger partial charge in [0.1, 0.15) is 18.5 Å². The van der Waals surface area contributed by atoms with Crippen molar-refractivity contribution in [3.05, 3.63) is 64.9 Å². The van der Waals surface area contributed by atoms with Gasteiger partial charge in [-0.25, -0.2) is 0 Å². The fraction of sp³-hybridized carbons (Fsp3) is 0.424. The number of furan rings is 1. The molecule has 11 nitrogen and oxygen atoms in total. The van der Waals surface area contributed by atoms with E-state index in [1.165, 1.54) is 20.3 Å². The number of methoxy groups -OCH3 is 2. The largest absolute Gasteiger partial charge is 0.493 e. The SMILES string of the molecule is COc1cc(C=O)cc2c1OC1C2C(C(=O)NCCO)=CC(N(C(=O)c2cc3cccc(OC)c3o2)C2CCCCC2)C1O. The summed E-state index contributed by atoms with van der Waals surface area (Å²) < 4.78 is 23.3. The number of benzene rings is 2. The van der Waals surface area contributed by atoms with Crippen LogP contribution in [0.25, 0.3) is 11.0 Å². The molecule has 1 saturated carbocycles. The second kappa shape index (κ2) is 12.3. The number of para-hydroxylation sites is 1. The normalized spacial score (nSPS) is 22.8. The van der Waals surface area contributed by atoms with Crippen molar-refractivity contribution in [2.45, 2.75) is 62.3 Å². The Balaban J connectivity index is 1.47. The second-order valence-electron chi connectivity index (χ2n) is 11.4. The fourth-order valence-corrected chi connectivity index (χ4v) is 6.86. The van der Waals surface area contributed by atoms with Crippen LogP contribution in [0.3, 0.4) is 0 Å². The van der Waals surface area contributed by atoms with Crippen LogP contribution in [0.15, 0.2) is 52.5 Å². The van der Waals surface area contributed by atoms with Crippen LogP contribution in [0.5, 0.6) is 17.2 Å². The molecule has 4 unspecified atom stereocenters. The van der Waals surface area contributed by atoms with E-state index in [1.807, 2.05) is 12.1 Å². The molecule has 11 heteroatoms. The van der Waals surface area contributed by atoms with Gasteiger partial charge in [-0.15, -0.1) is 0 Å². The number of hydrogen-bond acceptors (Lipinski definition) is 9. The molecule has 2 heterocycles. The molecule has 1 aliphatic heterocycles. The minimum atomic E-state index is -1.24. The number of ether oxygens (including phenoxy) is 3. The number of aliphatic hydroxyl groups excluding tert-OH is 2. The fourth-order valence-electron chi connectivity index (χ4n) is 6.86. The molecule has 1 fully saturated rings. The van der Waals surface area contributed by atoms with Gasteiger partial charge in [0.05, 0.1) is 32.8 Å². The van der Waals surface area contributed by atoms with Crippen LogP contribution >= 0.6 is 0 Å². The topological polar surface area (TPSA) is 148 Å². The number of aliphatic hydroxyl groups is 2. The van der Waals surface area contributed by atoms with E-state index in [4.69, 9.17) is 18.6 Å². The van der Waals surface area contributed by atoms with Gasteiger partial charge in [-0.3, -0.25) is 14.4 Å². The van der Waals surface area contributed by atoms with E-state index in [2.05, 4.69) is 5.32 Å². The predicted molar refractivity (Wildman–Crippen MR) is 159 cm³/mol. The molecule has 4 atom stereocenters. The third-order valence-electron chi connectivity index (χ3n) is 8.87. The molecule has 6 rings (SSSR count). The molecule has 0 spiro atoms. The molecule has 3 N–H and O–H groups in total. The second-order valence-corrected chi connectivity index (χ2v) is 11.4. The summed E-state index contributed by atoms with van der Waals surface area (Å²) in [5, 5.41) is 24.8. The highest BCUT2D eigenvalue weighted by Gasteiger charge is 2.52. The summed E-state index contributed by atoms with van der Waals surface area (Å²) in [5.74, 6) is -0.417. The summed E-state index contributed by atoms with van der Waals surface area (Å²) in [6.07, 6.45) is 4.44. The van der Waals surface area contributed by atoms with Gasteiger partial charge in [0.15, 0.2) is 28.6 Å². The maximum absolute atomic E-state index is 14.4. The van der Waals surface area contributed by atoms with Crippen molar-refractivity contribution in [2.24, 2.45) is 0 Å². The molecule has 44 heavy (non-hydrogen) atoms. The van der Waals surface area contributed by atoms with Crippen molar-refractivity contribution in [3.8, 4) is 17.2 Å². The Kier molecular flexibility index (Phi) is 8.33. The zero-order valence-corrected chi connectivity index (χ0v) is 24.7. The van der Waals surface area contributed by atoms with Crippen molar-refractivity contribution in [1.82, 2.24) is 10.2 Å². The molecule has 3 aromatic rings. The number of nitrogens with one attached hydrogen (secondary N) is 1. The molecule has 2 aromatic carbocycles. The lowest BCUT2D eigenvalue weighted by Gasteiger charge is -2.44. The van der Waals surface area contributed by atoms with Crippen molar-refractivity contribution in [3.63, 3.8) is 0 Å². The Morgan fingerprint density at radius 1 is 1.09 bits per heavy atom. The van der Waals surface area contributed by atoms with E-state index in [0.29, 0.717) is 45.6 Å². The lowest BCUT2D eigenvalue weighted by atomic mass is 9.76. The number of nitrogens with zero attached hydrogens (tertiary/aromatic N) is 1. The highest BCUT2D eigenvalue weighted by Crippen LogP contribution is 2.51. The summed E-state index contributed by atoms with van der Waals surface area (Å²) in [5.41, 5.74) is 1.57. The van der Waals surface area contributed by atoms with Gasteiger partial charge in [0.2, 0.25) is 5.91 Å².